The van der Waals surface area contributed by atoms with Crippen molar-refractivity contribution in [3.05, 3.63) is 51.6 Å². The molecule has 6 N–H and O–H groups in total. The summed E-state index contributed by atoms with van der Waals surface area (Å²) in [5.41, 5.74) is 2.59. The van der Waals surface area contributed by atoms with Gasteiger partial charge in [0.25, 0.3) is 0 Å². The minimum absolute atomic E-state index is 0.0186. The third-order valence-electron chi connectivity index (χ3n) is 8.48. The first-order valence-corrected chi connectivity index (χ1v) is 15.3. The molecule has 5 rings (SSSR count). The van der Waals surface area contributed by atoms with Crippen LogP contribution in [-0.2, 0) is 25.5 Å². The second kappa shape index (κ2) is 12.2. The maximum atomic E-state index is 13.8. The van der Waals surface area contributed by atoms with Gasteiger partial charge >= 0.3 is 0 Å². The first-order chi connectivity index (χ1) is 20.8. The fraction of sp³-hybridized carbons (Fsp3) is 0.484. The molecule has 44 heavy (non-hydrogen) atoms. The van der Waals surface area contributed by atoms with E-state index in [4.69, 9.17) is 19.9 Å². The smallest absolute Gasteiger partial charge is 0.202 e. The first kappa shape index (κ1) is 32.1. The van der Waals surface area contributed by atoms with Crippen molar-refractivity contribution in [2.24, 2.45) is 5.73 Å². The molecule has 0 amide bonds. The molecule has 6 atom stereocenters. The van der Waals surface area contributed by atoms with Crippen LogP contribution in [0.3, 0.4) is 0 Å². The molecule has 0 bridgehead atoms. The molecular formula is C31H35NO11S. The highest BCUT2D eigenvalue weighted by atomic mass is 32.2. The molecule has 2 unspecified atom stereocenters. The minimum atomic E-state index is -2.18. The molecule has 0 aromatic heterocycles. The number of methoxy groups -OCH3 is 1. The van der Waals surface area contributed by atoms with Crippen LogP contribution >= 0.6 is 11.8 Å². The number of aliphatic hydroxyl groups excluding tert-OH is 1. The number of fused-ring (bicyclic) bond motifs is 3. The van der Waals surface area contributed by atoms with Crippen LogP contribution in [0, 0.1) is 0 Å². The number of phenols is 2. The van der Waals surface area contributed by atoms with Crippen LogP contribution < -0.4 is 10.5 Å². The fourth-order valence-electron chi connectivity index (χ4n) is 6.16. The van der Waals surface area contributed by atoms with Crippen LogP contribution in [0.1, 0.15) is 88.6 Å². The molecule has 2 aliphatic carbocycles. The number of hydrogen-bond acceptors (Lipinski definition) is 13. The molecule has 0 spiro atoms. The molecule has 1 aliphatic heterocycles. The second-order valence-electron chi connectivity index (χ2n) is 11.4. The molecule has 1 heterocycles. The van der Waals surface area contributed by atoms with Gasteiger partial charge in [0, 0.05) is 48.4 Å². The molecule has 12 nitrogen and oxygen atoms in total. The normalized spacial score (nSPS) is 27.7. The second-order valence-corrected chi connectivity index (χ2v) is 12.4. The summed E-state index contributed by atoms with van der Waals surface area (Å²) in [6.45, 7) is 3.41. The van der Waals surface area contributed by atoms with E-state index in [0.717, 1.165) is 11.8 Å². The van der Waals surface area contributed by atoms with Crippen molar-refractivity contribution >= 4 is 34.2 Å². The molecule has 1 fully saturated rings. The quantitative estimate of drug-likeness (QED) is 0.227. The van der Waals surface area contributed by atoms with E-state index in [1.54, 1.807) is 6.92 Å². The zero-order valence-corrected chi connectivity index (χ0v) is 25.3. The number of carbonyl (C=O) groups excluding carboxylic acids is 4. The number of nitrogens with two attached hydrogens (primary N) is 1. The van der Waals surface area contributed by atoms with Gasteiger partial charge in [0.15, 0.2) is 23.0 Å². The molecule has 2 aromatic carbocycles. The largest absolute Gasteiger partial charge is 0.507 e. The summed E-state index contributed by atoms with van der Waals surface area (Å²) in [5, 5.41) is 44.9. The van der Waals surface area contributed by atoms with Crippen LogP contribution in [0.15, 0.2) is 18.2 Å². The third kappa shape index (κ3) is 5.41. The van der Waals surface area contributed by atoms with Gasteiger partial charge in [-0.15, -0.1) is 0 Å². The van der Waals surface area contributed by atoms with Crippen LogP contribution in [-0.4, -0.2) is 85.9 Å². The average molecular weight is 630 g/mol. The molecule has 13 heteroatoms. The van der Waals surface area contributed by atoms with Crippen LogP contribution in [0.5, 0.6) is 17.2 Å². The number of carbonyl (C=O) groups is 4. The number of rotatable bonds is 8. The SMILES string of the molecule is CCCC(=O)SCC(=O)C1(O)Cc2c(O)c3c(c(O)c2C(O[C@H]2C[C@H](N)[C@H](O)[C@H](C)O2)C1)C(=O)c1c(OC)cccc1C3=O. The lowest BCUT2D eigenvalue weighted by atomic mass is 9.72. The van der Waals surface area contributed by atoms with Crippen molar-refractivity contribution in [1.29, 1.82) is 0 Å². The van der Waals surface area contributed by atoms with Crippen LogP contribution in [0.25, 0.3) is 0 Å². The van der Waals surface area contributed by atoms with Crippen molar-refractivity contribution < 1.29 is 53.8 Å². The van der Waals surface area contributed by atoms with Gasteiger partial charge in [-0.05, 0) is 19.4 Å². The highest BCUT2D eigenvalue weighted by Crippen LogP contribution is 2.52. The highest BCUT2D eigenvalue weighted by Gasteiger charge is 2.50. The number of aromatic hydroxyl groups is 2. The lowest BCUT2D eigenvalue weighted by Gasteiger charge is -2.42. The van der Waals surface area contributed by atoms with E-state index in [9.17, 15) is 39.6 Å². The summed E-state index contributed by atoms with van der Waals surface area (Å²) >= 11 is 0.766. The molecule has 0 radical (unpaired) electrons. The van der Waals surface area contributed by atoms with E-state index in [2.05, 4.69) is 0 Å². The summed E-state index contributed by atoms with van der Waals surface area (Å²) in [7, 11) is 1.33. The van der Waals surface area contributed by atoms with Gasteiger partial charge in [-0.3, -0.25) is 19.2 Å². The molecular weight excluding hydrogens is 594 g/mol. The van der Waals surface area contributed by atoms with E-state index in [-0.39, 0.29) is 51.7 Å². The Balaban J connectivity index is 1.62. The fourth-order valence-corrected chi connectivity index (χ4v) is 7.07. The van der Waals surface area contributed by atoms with Gasteiger partial charge in [0.1, 0.15) is 22.8 Å². The van der Waals surface area contributed by atoms with Gasteiger partial charge in [-0.2, -0.15) is 0 Å². The Morgan fingerprint density at radius 1 is 1.14 bits per heavy atom. The number of phenolic OH excluding ortho intramolecular Hbond substituents is 2. The number of ketones is 3. The van der Waals surface area contributed by atoms with Gasteiger partial charge < -0.3 is 40.4 Å². The van der Waals surface area contributed by atoms with E-state index >= 15 is 0 Å². The number of hydrogen-bond donors (Lipinski definition) is 5. The van der Waals surface area contributed by atoms with E-state index in [1.165, 1.54) is 25.3 Å². The zero-order chi connectivity index (χ0) is 32.1. The summed E-state index contributed by atoms with van der Waals surface area (Å²) in [6.07, 6.45) is -4.21. The predicted molar refractivity (Wildman–Crippen MR) is 157 cm³/mol. The lowest BCUT2D eigenvalue weighted by molar-refractivity contribution is -0.247. The Morgan fingerprint density at radius 3 is 2.50 bits per heavy atom. The maximum Gasteiger partial charge on any atom is 0.202 e. The highest BCUT2D eigenvalue weighted by molar-refractivity contribution is 8.14. The molecule has 3 aliphatic rings. The molecule has 236 valence electrons. The average Bonchev–Trinajstić information content (AvgIpc) is 2.98. The van der Waals surface area contributed by atoms with E-state index in [0.29, 0.717) is 6.42 Å². The molecule has 0 saturated carbocycles. The van der Waals surface area contributed by atoms with Crippen molar-refractivity contribution in [3.8, 4) is 17.2 Å². The van der Waals surface area contributed by atoms with E-state index in [1.807, 2.05) is 6.92 Å². The number of thioether (sulfide) groups is 1. The monoisotopic (exact) mass is 629 g/mol. The number of ether oxygens (including phenoxy) is 3. The van der Waals surface area contributed by atoms with Crippen molar-refractivity contribution in [2.45, 2.75) is 82.2 Å². The maximum absolute atomic E-state index is 13.8. The van der Waals surface area contributed by atoms with Crippen LogP contribution in [0.4, 0.5) is 0 Å². The Kier molecular flexibility index (Phi) is 8.91. The Labute approximate surface area is 257 Å². The third-order valence-corrected chi connectivity index (χ3v) is 9.41. The zero-order valence-electron chi connectivity index (χ0n) is 24.5. The van der Waals surface area contributed by atoms with Crippen molar-refractivity contribution in [2.75, 3.05) is 12.9 Å². The summed E-state index contributed by atoms with van der Waals surface area (Å²) in [4.78, 5) is 53.0. The van der Waals surface area contributed by atoms with E-state index < -0.39 is 89.1 Å². The first-order valence-electron chi connectivity index (χ1n) is 14.4. The predicted octanol–water partition coefficient (Wildman–Crippen LogP) is 2.07. The lowest BCUT2D eigenvalue weighted by Crippen LogP contribution is -2.53. The molecule has 1 saturated heterocycles. The Hall–Kier alpha value is -3.33. The van der Waals surface area contributed by atoms with Gasteiger partial charge in [-0.25, -0.2) is 0 Å². The number of Topliss-reactive ketones (excluding diaryl/α,β-unsaturated/α-hetero) is 1. The Bertz CT molecular complexity index is 1530. The summed E-state index contributed by atoms with van der Waals surface area (Å²) < 4.78 is 17.2. The van der Waals surface area contributed by atoms with Gasteiger partial charge in [0.05, 0.1) is 47.9 Å². The number of benzene rings is 2. The summed E-state index contributed by atoms with van der Waals surface area (Å²) in [6, 6.07) is 3.66. The van der Waals surface area contributed by atoms with Crippen LogP contribution in [0.2, 0.25) is 0 Å². The standard InChI is InChI=1S/C31H35NO11S/c1-4-6-20(34)44-12-19(33)31(40)10-15-23(18(11-31)43-21-9-16(32)26(35)13(2)42-21)30(39)25-24(28(15)37)27(36)14-7-5-8-17(41-3)22(14)29(25)38/h5,7-8,13,16,18,21,26,35,37,39-40H,4,6,9-12,32H2,1-3H3/t13-,16-,18?,21-,26+,31?/m0/s1. The topological polar surface area (TPSA) is 203 Å². The minimum Gasteiger partial charge on any atom is -0.507 e. The number of aliphatic hydroxyl groups is 2. The van der Waals surface area contributed by atoms with Crippen molar-refractivity contribution in [3.63, 3.8) is 0 Å². The molecule has 2 aromatic rings. The van der Waals surface area contributed by atoms with Crippen molar-refractivity contribution in [1.82, 2.24) is 0 Å². The van der Waals surface area contributed by atoms with Gasteiger partial charge in [-0.1, -0.05) is 30.8 Å². The Morgan fingerprint density at radius 2 is 1.84 bits per heavy atom. The summed E-state index contributed by atoms with van der Waals surface area (Å²) in [5.74, 6) is -3.83. The van der Waals surface area contributed by atoms with Gasteiger partial charge in [0.2, 0.25) is 5.78 Å².